The number of nitrogens with one attached hydrogen (secondary N) is 1. The van der Waals surface area contributed by atoms with Gasteiger partial charge in [-0.2, -0.15) is 0 Å². The van der Waals surface area contributed by atoms with Crippen LogP contribution in [0, 0.1) is 0 Å². The number of nitrogens with zero attached hydrogens (tertiary/aromatic N) is 4. The number of anilines is 1. The van der Waals surface area contributed by atoms with E-state index in [0.29, 0.717) is 10.7 Å². The molecule has 1 fully saturated rings. The van der Waals surface area contributed by atoms with Gasteiger partial charge in [0.1, 0.15) is 17.4 Å². The number of allylic oxidation sites excluding steroid dienone is 1. The second-order valence-corrected chi connectivity index (χ2v) is 9.35. The number of pyridine rings is 1. The minimum atomic E-state index is -1.30. The molecule has 0 bridgehead atoms. The molecule has 0 saturated carbocycles. The molecule has 4 rings (SSSR count). The molecule has 1 saturated heterocycles. The maximum Gasteiger partial charge on any atom is 0.353 e. The largest absolute Gasteiger partial charge is 0.479 e. The number of carboxylic acids is 2. The van der Waals surface area contributed by atoms with Crippen molar-refractivity contribution < 1.29 is 38.8 Å². The average molecular weight is 520 g/mol. The number of thioether (sulfide) groups is 1. The summed E-state index contributed by atoms with van der Waals surface area (Å²) in [7, 11) is 0. The molecule has 15 heteroatoms. The molecular formula is C20H19N6O7S2+. The number of amides is 2. The van der Waals surface area contributed by atoms with Gasteiger partial charge in [0.2, 0.25) is 6.61 Å². The molecule has 2 unspecified atom stereocenters. The van der Waals surface area contributed by atoms with Crippen LogP contribution in [0.4, 0.5) is 5.13 Å². The Hall–Kier alpha value is -3.98. The number of nitrogens with two attached hydrogens (primary N) is 1. The van der Waals surface area contributed by atoms with E-state index >= 15 is 0 Å². The standard InChI is InChI=1S/C20H18N6O7S2/c21-20-22-10(8-35-20)14(24-33-7-13(27)28)17(29)23-15-11-9-34-12(6-25-4-2-1-3-5-25)16(19(31)32)26(11)18(15)30/h1-5,8,11,15H,6-7,9H2,(H4-,21,22,23,27,28,29,31,32)/p+1. The first kappa shape index (κ1) is 24.2. The molecule has 0 aromatic carbocycles. The molecule has 2 aliphatic rings. The second-order valence-electron chi connectivity index (χ2n) is 7.34. The molecular weight excluding hydrogens is 500 g/mol. The summed E-state index contributed by atoms with van der Waals surface area (Å²) in [6, 6.07) is 3.87. The van der Waals surface area contributed by atoms with Gasteiger partial charge in [-0.15, -0.1) is 23.1 Å². The third-order valence-electron chi connectivity index (χ3n) is 5.07. The van der Waals surface area contributed by atoms with Crippen molar-refractivity contribution in [1.82, 2.24) is 15.2 Å². The number of hydrogen-bond acceptors (Lipinski definition) is 10. The van der Waals surface area contributed by atoms with Crippen LogP contribution in [0.2, 0.25) is 0 Å². The van der Waals surface area contributed by atoms with Crippen molar-refractivity contribution in [2.75, 3.05) is 18.1 Å². The lowest BCUT2D eigenvalue weighted by Gasteiger charge is -2.49. The zero-order valence-electron chi connectivity index (χ0n) is 17.9. The maximum atomic E-state index is 12.9. The van der Waals surface area contributed by atoms with Crippen molar-refractivity contribution in [3.05, 3.63) is 52.3 Å². The van der Waals surface area contributed by atoms with Crippen LogP contribution in [-0.4, -0.2) is 74.0 Å². The molecule has 13 nitrogen and oxygen atoms in total. The van der Waals surface area contributed by atoms with Crippen LogP contribution in [0.3, 0.4) is 0 Å². The number of thiazole rings is 1. The highest BCUT2D eigenvalue weighted by molar-refractivity contribution is 8.03. The molecule has 182 valence electrons. The number of hydrogen-bond donors (Lipinski definition) is 4. The van der Waals surface area contributed by atoms with Gasteiger partial charge in [0.05, 0.1) is 10.9 Å². The summed E-state index contributed by atoms with van der Waals surface area (Å²) in [5.74, 6) is -3.60. The third kappa shape index (κ3) is 5.09. The Morgan fingerprint density at radius 2 is 2.03 bits per heavy atom. The highest BCUT2D eigenvalue weighted by atomic mass is 32.2. The highest BCUT2D eigenvalue weighted by Crippen LogP contribution is 2.39. The molecule has 2 atom stereocenters. The Morgan fingerprint density at radius 1 is 1.29 bits per heavy atom. The first-order chi connectivity index (χ1) is 16.8. The van der Waals surface area contributed by atoms with Crippen molar-refractivity contribution >= 4 is 57.7 Å². The summed E-state index contributed by atoms with van der Waals surface area (Å²) in [4.78, 5) is 58.9. The number of carboxylic acid groups (broad SMARTS) is 2. The molecule has 35 heavy (non-hydrogen) atoms. The first-order valence-electron chi connectivity index (χ1n) is 10.1. The third-order valence-corrected chi connectivity index (χ3v) is 6.92. The van der Waals surface area contributed by atoms with Gasteiger partial charge in [-0.1, -0.05) is 11.2 Å². The summed E-state index contributed by atoms with van der Waals surface area (Å²) in [5.41, 5.74) is 5.18. The molecule has 2 aliphatic heterocycles. The molecule has 4 heterocycles. The smallest absolute Gasteiger partial charge is 0.353 e. The Bertz CT molecular complexity index is 1250. The Morgan fingerprint density at radius 3 is 2.66 bits per heavy atom. The van der Waals surface area contributed by atoms with Crippen LogP contribution in [-0.2, 0) is 30.6 Å². The number of nitrogen functional groups attached to an aromatic ring is 1. The van der Waals surface area contributed by atoms with Gasteiger partial charge in [-0.25, -0.2) is 19.1 Å². The average Bonchev–Trinajstić information content (AvgIpc) is 3.25. The van der Waals surface area contributed by atoms with Crippen LogP contribution in [0.1, 0.15) is 5.69 Å². The monoisotopic (exact) mass is 519 g/mol. The minimum Gasteiger partial charge on any atom is -0.479 e. The van der Waals surface area contributed by atoms with Crippen LogP contribution < -0.4 is 15.6 Å². The van der Waals surface area contributed by atoms with Gasteiger partial charge < -0.3 is 26.1 Å². The number of aliphatic carboxylic acids is 2. The van der Waals surface area contributed by atoms with E-state index in [1.54, 1.807) is 17.0 Å². The van der Waals surface area contributed by atoms with Crippen LogP contribution in [0.5, 0.6) is 0 Å². The number of aromatic nitrogens is 2. The van der Waals surface area contributed by atoms with Crippen molar-refractivity contribution in [3.8, 4) is 0 Å². The lowest BCUT2D eigenvalue weighted by Crippen LogP contribution is -2.73. The second kappa shape index (κ2) is 10.1. The molecule has 5 N–H and O–H groups in total. The lowest BCUT2D eigenvalue weighted by molar-refractivity contribution is -0.687. The Labute approximate surface area is 205 Å². The van der Waals surface area contributed by atoms with E-state index in [1.807, 2.05) is 18.2 Å². The van der Waals surface area contributed by atoms with Gasteiger partial charge in [0, 0.05) is 23.3 Å². The van der Waals surface area contributed by atoms with Crippen LogP contribution in [0.15, 0.2) is 51.7 Å². The number of oxime groups is 1. The van der Waals surface area contributed by atoms with Crippen molar-refractivity contribution in [2.24, 2.45) is 5.16 Å². The number of carbonyl (C=O) groups excluding carboxylic acids is 2. The first-order valence-corrected chi connectivity index (χ1v) is 11.9. The number of rotatable bonds is 9. The van der Waals surface area contributed by atoms with E-state index in [2.05, 4.69) is 15.5 Å². The summed E-state index contributed by atoms with van der Waals surface area (Å²) >= 11 is 2.33. The van der Waals surface area contributed by atoms with Crippen LogP contribution in [0.25, 0.3) is 0 Å². The zero-order valence-corrected chi connectivity index (χ0v) is 19.5. The minimum absolute atomic E-state index is 0.0466. The normalized spacial score (nSPS) is 19.6. The predicted octanol–water partition coefficient (Wildman–Crippen LogP) is -0.743. The summed E-state index contributed by atoms with van der Waals surface area (Å²) in [5, 5.41) is 26.2. The lowest BCUT2D eigenvalue weighted by atomic mass is 9.94. The Kier molecular flexibility index (Phi) is 6.97. The molecule has 0 aliphatic carbocycles. The molecule has 0 spiro atoms. The summed E-state index contributed by atoms with van der Waals surface area (Å²) in [6.07, 6.45) is 3.58. The van der Waals surface area contributed by atoms with E-state index in [9.17, 15) is 24.3 Å². The van der Waals surface area contributed by atoms with E-state index in [0.717, 1.165) is 11.3 Å². The maximum absolute atomic E-state index is 12.9. The number of carbonyl (C=O) groups is 4. The fraction of sp³-hybridized carbons (Fsp3) is 0.250. The van der Waals surface area contributed by atoms with Crippen molar-refractivity contribution in [1.29, 1.82) is 0 Å². The molecule has 2 aromatic rings. The molecule has 2 amide bonds. The van der Waals surface area contributed by atoms with E-state index in [-0.39, 0.29) is 28.8 Å². The number of β-lactam (4-membered cyclic amide) rings is 1. The number of fused-ring (bicyclic) bond motifs is 1. The van der Waals surface area contributed by atoms with Gasteiger partial charge >= 0.3 is 11.9 Å². The highest BCUT2D eigenvalue weighted by Gasteiger charge is 2.54. The van der Waals surface area contributed by atoms with Gasteiger partial charge in [0.25, 0.3) is 11.8 Å². The fourth-order valence-electron chi connectivity index (χ4n) is 3.55. The van der Waals surface area contributed by atoms with Crippen molar-refractivity contribution in [3.63, 3.8) is 0 Å². The van der Waals surface area contributed by atoms with Crippen molar-refractivity contribution in [2.45, 2.75) is 18.6 Å². The summed E-state index contributed by atoms with van der Waals surface area (Å²) in [6.45, 7) is -0.510. The zero-order chi connectivity index (χ0) is 25.1. The quantitative estimate of drug-likeness (QED) is 0.142. The van der Waals surface area contributed by atoms with E-state index in [4.69, 9.17) is 15.7 Å². The molecule has 2 aromatic heterocycles. The molecule has 0 radical (unpaired) electrons. The SMILES string of the molecule is Nc1nc(C(=NOCC(=O)O)C(=O)NC2C(=O)N3C(C(=O)O)=C(C[n+]4ccccc4)SCC23)cs1. The van der Waals surface area contributed by atoms with E-state index in [1.165, 1.54) is 22.0 Å². The Balaban J connectivity index is 1.52. The summed E-state index contributed by atoms with van der Waals surface area (Å²) < 4.78 is 1.80. The van der Waals surface area contributed by atoms with Gasteiger partial charge in [-0.3, -0.25) is 14.5 Å². The van der Waals surface area contributed by atoms with E-state index < -0.39 is 42.4 Å². The predicted molar refractivity (Wildman–Crippen MR) is 123 cm³/mol. The topological polar surface area (TPSA) is 188 Å². The van der Waals surface area contributed by atoms with Gasteiger partial charge in [-0.05, 0) is 0 Å². The van der Waals surface area contributed by atoms with Crippen LogP contribution >= 0.6 is 23.1 Å². The van der Waals surface area contributed by atoms with Gasteiger partial charge in [0.15, 0.2) is 29.8 Å². The fourth-order valence-corrected chi connectivity index (χ4v) is 5.37.